The molecule has 0 saturated carbocycles. The standard InChI is InChI=1S/C7H7F6NO2/c1-3(2)14(4(15)6(8,9)10)5(16)7(11,12)13/h3H,1-2H3. The molecule has 0 aliphatic heterocycles. The summed E-state index contributed by atoms with van der Waals surface area (Å²) in [6.07, 6.45) is -11.0. The van der Waals surface area contributed by atoms with E-state index in [2.05, 4.69) is 0 Å². The van der Waals surface area contributed by atoms with E-state index in [1.807, 2.05) is 0 Å². The number of alkyl halides is 6. The summed E-state index contributed by atoms with van der Waals surface area (Å²) in [6, 6.07) is -1.54. The molecule has 0 aliphatic rings. The smallest absolute Gasteiger partial charge is 0.264 e. The number of carbonyl (C=O) groups excluding carboxylic acids is 2. The van der Waals surface area contributed by atoms with Crippen LogP contribution in [-0.4, -0.2) is 35.1 Å². The number of hydrogen-bond acceptors (Lipinski definition) is 2. The fourth-order valence-corrected chi connectivity index (χ4v) is 0.834. The topological polar surface area (TPSA) is 37.4 Å². The molecule has 16 heavy (non-hydrogen) atoms. The molecule has 0 fully saturated rings. The van der Waals surface area contributed by atoms with Crippen LogP contribution in [0.4, 0.5) is 26.3 Å². The predicted molar refractivity (Wildman–Crippen MR) is 39.1 cm³/mol. The fraction of sp³-hybridized carbons (Fsp3) is 0.714. The molecule has 9 heteroatoms. The minimum Gasteiger partial charge on any atom is -0.264 e. The Kier molecular flexibility index (Phi) is 3.96. The minimum absolute atomic E-state index is 0.861. The maximum atomic E-state index is 11.9. The molecule has 0 aromatic heterocycles. The number of nitrogens with zero attached hydrogens (tertiary/aromatic N) is 1. The van der Waals surface area contributed by atoms with Crippen molar-refractivity contribution in [1.29, 1.82) is 0 Å². The second kappa shape index (κ2) is 4.30. The van der Waals surface area contributed by atoms with E-state index in [1.165, 1.54) is 0 Å². The number of hydrogen-bond donors (Lipinski definition) is 0. The third kappa shape index (κ3) is 3.38. The van der Waals surface area contributed by atoms with E-state index in [1.54, 1.807) is 0 Å². The van der Waals surface area contributed by atoms with Crippen molar-refractivity contribution in [3.8, 4) is 0 Å². The lowest BCUT2D eigenvalue weighted by molar-refractivity contribution is -0.206. The van der Waals surface area contributed by atoms with Gasteiger partial charge in [0.25, 0.3) is 0 Å². The predicted octanol–water partition coefficient (Wildman–Crippen LogP) is 1.87. The quantitative estimate of drug-likeness (QED) is 0.667. The summed E-state index contributed by atoms with van der Waals surface area (Å²) < 4.78 is 71.4. The normalized spacial score (nSPS) is 12.8. The summed E-state index contributed by atoms with van der Waals surface area (Å²) in [6.45, 7) is 1.74. The van der Waals surface area contributed by atoms with Gasteiger partial charge in [-0.3, -0.25) is 14.5 Å². The summed E-state index contributed by atoms with van der Waals surface area (Å²) in [4.78, 5) is 20.3. The molecule has 0 atom stereocenters. The van der Waals surface area contributed by atoms with Gasteiger partial charge in [-0.15, -0.1) is 0 Å². The molecule has 0 aromatic carbocycles. The highest BCUT2D eigenvalue weighted by Gasteiger charge is 2.52. The maximum Gasteiger partial charge on any atom is 0.471 e. The first-order valence-electron chi connectivity index (χ1n) is 3.90. The van der Waals surface area contributed by atoms with Crippen molar-refractivity contribution in [3.05, 3.63) is 0 Å². The van der Waals surface area contributed by atoms with Crippen molar-refractivity contribution in [3.63, 3.8) is 0 Å². The molecule has 94 valence electrons. The van der Waals surface area contributed by atoms with Gasteiger partial charge in [0.05, 0.1) is 0 Å². The average molecular weight is 251 g/mol. The monoisotopic (exact) mass is 251 g/mol. The van der Waals surface area contributed by atoms with E-state index in [0.29, 0.717) is 0 Å². The summed E-state index contributed by atoms with van der Waals surface area (Å²) >= 11 is 0. The number of amides is 2. The van der Waals surface area contributed by atoms with Crippen molar-refractivity contribution in [1.82, 2.24) is 4.90 Å². The fourth-order valence-electron chi connectivity index (χ4n) is 0.834. The van der Waals surface area contributed by atoms with Crippen LogP contribution < -0.4 is 0 Å². The van der Waals surface area contributed by atoms with E-state index in [9.17, 15) is 35.9 Å². The molecule has 0 rings (SSSR count). The van der Waals surface area contributed by atoms with Crippen LogP contribution in [0, 0.1) is 0 Å². The van der Waals surface area contributed by atoms with E-state index >= 15 is 0 Å². The van der Waals surface area contributed by atoms with Gasteiger partial charge in [0.2, 0.25) is 0 Å². The molecule has 0 N–H and O–H groups in total. The summed E-state index contributed by atoms with van der Waals surface area (Å²) in [5, 5.41) is 0. The van der Waals surface area contributed by atoms with Crippen LogP contribution >= 0.6 is 0 Å². The third-order valence-electron chi connectivity index (χ3n) is 1.44. The summed E-state index contributed by atoms with van der Waals surface area (Å²) in [5.74, 6) is -5.66. The van der Waals surface area contributed by atoms with Crippen LogP contribution in [0.2, 0.25) is 0 Å². The Morgan fingerprint density at radius 1 is 0.875 bits per heavy atom. The van der Waals surface area contributed by atoms with Gasteiger partial charge in [-0.2, -0.15) is 26.3 Å². The molecule has 0 radical (unpaired) electrons. The number of carbonyl (C=O) groups is 2. The van der Waals surface area contributed by atoms with Crippen LogP contribution in [0.15, 0.2) is 0 Å². The van der Waals surface area contributed by atoms with Crippen LogP contribution in [0.25, 0.3) is 0 Å². The Hall–Kier alpha value is -1.28. The second-order valence-electron chi connectivity index (χ2n) is 3.07. The maximum absolute atomic E-state index is 11.9. The number of imide groups is 1. The summed E-state index contributed by atoms with van der Waals surface area (Å²) in [7, 11) is 0. The lowest BCUT2D eigenvalue weighted by Crippen LogP contribution is -2.53. The lowest BCUT2D eigenvalue weighted by Gasteiger charge is -2.26. The van der Waals surface area contributed by atoms with Gasteiger partial charge < -0.3 is 0 Å². The zero-order valence-corrected chi connectivity index (χ0v) is 8.11. The van der Waals surface area contributed by atoms with Crippen LogP contribution in [0.3, 0.4) is 0 Å². The third-order valence-corrected chi connectivity index (χ3v) is 1.44. The largest absolute Gasteiger partial charge is 0.471 e. The molecule has 0 aromatic rings. The van der Waals surface area contributed by atoms with E-state index in [-0.39, 0.29) is 0 Å². The lowest BCUT2D eigenvalue weighted by atomic mass is 10.3. The van der Waals surface area contributed by atoms with Crippen molar-refractivity contribution >= 4 is 11.8 Å². The first-order chi connectivity index (χ1) is 6.89. The first kappa shape index (κ1) is 14.7. The van der Waals surface area contributed by atoms with E-state index in [4.69, 9.17) is 0 Å². The Bertz CT molecular complexity index is 266. The molecule has 0 bridgehead atoms. The van der Waals surface area contributed by atoms with Gasteiger partial charge in [-0.1, -0.05) is 0 Å². The first-order valence-corrected chi connectivity index (χ1v) is 3.90. The molecule has 0 spiro atoms. The molecule has 0 aliphatic carbocycles. The van der Waals surface area contributed by atoms with E-state index < -0.39 is 35.1 Å². The van der Waals surface area contributed by atoms with Crippen LogP contribution in [0.5, 0.6) is 0 Å². The molecule has 0 saturated heterocycles. The zero-order chi connectivity index (χ0) is 13.3. The van der Waals surface area contributed by atoms with Gasteiger partial charge in [-0.25, -0.2) is 0 Å². The van der Waals surface area contributed by atoms with E-state index in [0.717, 1.165) is 13.8 Å². The van der Waals surface area contributed by atoms with Gasteiger partial charge in [0.1, 0.15) is 0 Å². The summed E-state index contributed by atoms with van der Waals surface area (Å²) in [5.41, 5.74) is 0. The highest BCUT2D eigenvalue weighted by Crippen LogP contribution is 2.25. The number of rotatable bonds is 1. The average Bonchev–Trinajstić information content (AvgIpc) is 1.99. The molecule has 0 unspecified atom stereocenters. The number of halogens is 6. The molecule has 2 amide bonds. The molecular formula is C7H7F6NO2. The van der Waals surface area contributed by atoms with Gasteiger partial charge >= 0.3 is 24.2 Å². The Morgan fingerprint density at radius 3 is 1.25 bits per heavy atom. The van der Waals surface area contributed by atoms with Crippen LogP contribution in [-0.2, 0) is 9.59 Å². The SMILES string of the molecule is CC(C)N(C(=O)C(F)(F)F)C(=O)C(F)(F)F. The molecular weight excluding hydrogens is 244 g/mol. The van der Waals surface area contributed by atoms with Gasteiger partial charge in [-0.05, 0) is 13.8 Å². The Morgan fingerprint density at radius 2 is 1.12 bits per heavy atom. The zero-order valence-electron chi connectivity index (χ0n) is 8.11. The van der Waals surface area contributed by atoms with Crippen molar-refractivity contribution in [2.75, 3.05) is 0 Å². The Balaban J connectivity index is 5.21. The highest BCUT2D eigenvalue weighted by molar-refractivity contribution is 6.00. The van der Waals surface area contributed by atoms with Crippen LogP contribution in [0.1, 0.15) is 13.8 Å². The minimum atomic E-state index is -5.52. The van der Waals surface area contributed by atoms with Gasteiger partial charge in [0, 0.05) is 6.04 Å². The highest BCUT2D eigenvalue weighted by atomic mass is 19.4. The molecule has 0 heterocycles. The van der Waals surface area contributed by atoms with Gasteiger partial charge in [0.15, 0.2) is 0 Å². The van der Waals surface area contributed by atoms with Crippen molar-refractivity contribution in [2.24, 2.45) is 0 Å². The molecule has 3 nitrogen and oxygen atoms in total. The Labute approximate surface area is 86.0 Å². The second-order valence-corrected chi connectivity index (χ2v) is 3.07. The van der Waals surface area contributed by atoms with Crippen molar-refractivity contribution in [2.45, 2.75) is 32.2 Å². The van der Waals surface area contributed by atoms with Crippen molar-refractivity contribution < 1.29 is 35.9 Å².